The molecule has 0 saturated heterocycles. The minimum Gasteiger partial charge on any atom is -0.337 e. The number of H-pyrrole nitrogens is 1. The standard InChI is InChI=1S/C20H18F5N3OS/c1-3-10(2)30-12-5-7-14(13(9-12)20(23,24)25)28-19(29)11-4-6-15-16(8-11)27-18(26-15)17(21)22/h4-10,17H,3H2,1-2H3,(H,26,27)(H,28,29). The molecular weight excluding hydrogens is 425 g/mol. The van der Waals surface area contributed by atoms with Gasteiger partial charge in [-0.25, -0.2) is 13.8 Å². The molecule has 0 spiro atoms. The average Bonchev–Trinajstić information content (AvgIpc) is 3.12. The number of alkyl halides is 5. The number of rotatable bonds is 6. The zero-order valence-electron chi connectivity index (χ0n) is 16.0. The first kappa shape index (κ1) is 22.1. The third kappa shape index (κ3) is 4.92. The van der Waals surface area contributed by atoms with Gasteiger partial charge in [0, 0.05) is 15.7 Å². The van der Waals surface area contributed by atoms with Gasteiger partial charge in [0.05, 0.1) is 22.3 Å². The summed E-state index contributed by atoms with van der Waals surface area (Å²) >= 11 is 1.32. The van der Waals surface area contributed by atoms with Crippen LogP contribution >= 0.6 is 11.8 Å². The van der Waals surface area contributed by atoms with Gasteiger partial charge in [-0.3, -0.25) is 4.79 Å². The van der Waals surface area contributed by atoms with Crippen LogP contribution in [0.3, 0.4) is 0 Å². The number of aromatic amines is 1. The maximum Gasteiger partial charge on any atom is 0.418 e. The molecule has 30 heavy (non-hydrogen) atoms. The summed E-state index contributed by atoms with van der Waals surface area (Å²) < 4.78 is 66.1. The second-order valence-corrected chi connectivity index (χ2v) is 8.16. The van der Waals surface area contributed by atoms with Crippen LogP contribution in [0.2, 0.25) is 0 Å². The highest BCUT2D eigenvalue weighted by Crippen LogP contribution is 2.38. The zero-order valence-corrected chi connectivity index (χ0v) is 16.8. The van der Waals surface area contributed by atoms with Gasteiger partial charge < -0.3 is 10.3 Å². The van der Waals surface area contributed by atoms with Crippen molar-refractivity contribution in [3.05, 3.63) is 53.3 Å². The number of benzene rings is 2. The fourth-order valence-corrected chi connectivity index (χ4v) is 3.69. The van der Waals surface area contributed by atoms with E-state index in [9.17, 15) is 26.7 Å². The maximum atomic E-state index is 13.5. The molecule has 1 unspecified atom stereocenters. The molecule has 1 aromatic heterocycles. The Bertz CT molecular complexity index is 1060. The summed E-state index contributed by atoms with van der Waals surface area (Å²) in [6.07, 6.45) is -6.67. The highest BCUT2D eigenvalue weighted by Gasteiger charge is 2.34. The molecule has 0 aliphatic heterocycles. The van der Waals surface area contributed by atoms with Gasteiger partial charge in [0.1, 0.15) is 0 Å². The first-order chi connectivity index (χ1) is 14.1. The van der Waals surface area contributed by atoms with Crippen molar-refractivity contribution in [3.8, 4) is 0 Å². The minimum atomic E-state index is -4.66. The van der Waals surface area contributed by atoms with E-state index in [-0.39, 0.29) is 27.5 Å². The number of hydrogen-bond donors (Lipinski definition) is 2. The number of hydrogen-bond acceptors (Lipinski definition) is 3. The SMILES string of the molecule is CCC(C)Sc1ccc(NC(=O)c2ccc3nc(C(F)F)[nH]c3c2)c(C(F)(F)F)c1. The molecule has 10 heteroatoms. The minimum absolute atomic E-state index is 0.0122. The highest BCUT2D eigenvalue weighted by atomic mass is 32.2. The van der Waals surface area contributed by atoms with E-state index >= 15 is 0 Å². The lowest BCUT2D eigenvalue weighted by Crippen LogP contribution is -2.17. The van der Waals surface area contributed by atoms with Gasteiger partial charge in [0.2, 0.25) is 0 Å². The summed E-state index contributed by atoms with van der Waals surface area (Å²) in [5.41, 5.74) is -0.901. The van der Waals surface area contributed by atoms with Gasteiger partial charge >= 0.3 is 6.18 Å². The number of nitrogens with one attached hydrogen (secondary N) is 2. The number of imidazole rings is 1. The van der Waals surface area contributed by atoms with E-state index in [1.165, 1.54) is 42.1 Å². The van der Waals surface area contributed by atoms with E-state index in [4.69, 9.17) is 0 Å². The van der Waals surface area contributed by atoms with Crippen molar-refractivity contribution >= 4 is 34.4 Å². The Hall–Kier alpha value is -2.62. The molecular formula is C20H18F5N3OS. The van der Waals surface area contributed by atoms with Crippen LogP contribution in [0.25, 0.3) is 11.0 Å². The van der Waals surface area contributed by atoms with Crippen LogP contribution in [0, 0.1) is 0 Å². The van der Waals surface area contributed by atoms with Crippen LogP contribution in [-0.2, 0) is 6.18 Å². The summed E-state index contributed by atoms with van der Waals surface area (Å²) in [5.74, 6) is -1.34. The summed E-state index contributed by atoms with van der Waals surface area (Å²) in [4.78, 5) is 19.1. The number of carbonyl (C=O) groups excluding carboxylic acids is 1. The van der Waals surface area contributed by atoms with Crippen LogP contribution in [-0.4, -0.2) is 21.1 Å². The number of aromatic nitrogens is 2. The molecule has 160 valence electrons. The Labute approximate surface area is 173 Å². The molecule has 0 fully saturated rings. The predicted molar refractivity (Wildman–Crippen MR) is 106 cm³/mol. The van der Waals surface area contributed by atoms with Crippen LogP contribution in [0.5, 0.6) is 0 Å². The van der Waals surface area contributed by atoms with E-state index in [0.29, 0.717) is 4.90 Å². The molecule has 1 heterocycles. The largest absolute Gasteiger partial charge is 0.418 e. The van der Waals surface area contributed by atoms with Crippen LogP contribution < -0.4 is 5.32 Å². The number of anilines is 1. The topological polar surface area (TPSA) is 57.8 Å². The van der Waals surface area contributed by atoms with Crippen molar-refractivity contribution in [1.29, 1.82) is 0 Å². The molecule has 1 atom stereocenters. The summed E-state index contributed by atoms with van der Waals surface area (Å²) in [5, 5.41) is 2.42. The van der Waals surface area contributed by atoms with Gasteiger partial charge in [0.25, 0.3) is 12.3 Å². The molecule has 0 aliphatic carbocycles. The highest BCUT2D eigenvalue weighted by molar-refractivity contribution is 7.99. The van der Waals surface area contributed by atoms with Crippen LogP contribution in [0.4, 0.5) is 27.6 Å². The Balaban J connectivity index is 1.89. The van der Waals surface area contributed by atoms with Gasteiger partial charge in [-0.1, -0.05) is 13.8 Å². The third-order valence-electron chi connectivity index (χ3n) is 4.43. The smallest absolute Gasteiger partial charge is 0.337 e. The number of carbonyl (C=O) groups is 1. The maximum absolute atomic E-state index is 13.5. The number of halogens is 5. The van der Waals surface area contributed by atoms with Crippen molar-refractivity contribution in [2.24, 2.45) is 0 Å². The monoisotopic (exact) mass is 443 g/mol. The Kier molecular flexibility index (Phi) is 6.35. The average molecular weight is 443 g/mol. The Morgan fingerprint density at radius 1 is 1.20 bits per heavy atom. The molecule has 2 N–H and O–H groups in total. The van der Waals surface area contributed by atoms with Gasteiger partial charge in [-0.05, 0) is 42.8 Å². The first-order valence-corrected chi connectivity index (χ1v) is 9.93. The number of nitrogens with zero attached hydrogens (tertiary/aromatic N) is 1. The second-order valence-electron chi connectivity index (χ2n) is 6.65. The molecule has 0 saturated carbocycles. The van der Waals surface area contributed by atoms with Crippen LogP contribution in [0.1, 0.15) is 48.4 Å². The molecule has 2 aromatic carbocycles. The van der Waals surface area contributed by atoms with Crippen molar-refractivity contribution in [1.82, 2.24) is 9.97 Å². The quantitative estimate of drug-likeness (QED) is 0.331. The second kappa shape index (κ2) is 8.63. The first-order valence-electron chi connectivity index (χ1n) is 9.05. The van der Waals surface area contributed by atoms with E-state index < -0.39 is 29.9 Å². The Morgan fingerprint density at radius 3 is 2.57 bits per heavy atom. The number of thioether (sulfide) groups is 1. The molecule has 4 nitrogen and oxygen atoms in total. The molecule has 1 amide bonds. The normalized spacial score (nSPS) is 13.1. The van der Waals surface area contributed by atoms with Crippen molar-refractivity contribution in [2.45, 2.75) is 43.0 Å². The van der Waals surface area contributed by atoms with Crippen molar-refractivity contribution in [2.75, 3.05) is 5.32 Å². The third-order valence-corrected chi connectivity index (χ3v) is 5.69. The van der Waals surface area contributed by atoms with E-state index in [1.807, 2.05) is 13.8 Å². The molecule has 0 radical (unpaired) electrons. The van der Waals surface area contributed by atoms with E-state index in [0.717, 1.165) is 12.5 Å². The molecule has 0 aliphatic rings. The molecule has 3 aromatic rings. The van der Waals surface area contributed by atoms with Gasteiger partial charge in [-0.15, -0.1) is 11.8 Å². The summed E-state index contributed by atoms with van der Waals surface area (Å²) in [6.45, 7) is 3.86. The lowest BCUT2D eigenvalue weighted by Gasteiger charge is -2.16. The number of fused-ring (bicyclic) bond motifs is 1. The van der Waals surface area contributed by atoms with E-state index in [2.05, 4.69) is 15.3 Å². The zero-order chi connectivity index (χ0) is 22.1. The van der Waals surface area contributed by atoms with Crippen molar-refractivity contribution < 1.29 is 26.7 Å². The summed E-state index contributed by atoms with van der Waals surface area (Å²) in [6, 6.07) is 7.69. The lowest BCUT2D eigenvalue weighted by molar-refractivity contribution is -0.137. The van der Waals surface area contributed by atoms with Gasteiger partial charge in [0.15, 0.2) is 5.82 Å². The van der Waals surface area contributed by atoms with Gasteiger partial charge in [-0.2, -0.15) is 13.2 Å². The Morgan fingerprint density at radius 2 is 1.93 bits per heavy atom. The predicted octanol–water partition coefficient (Wildman–Crippen LogP) is 6.66. The fourth-order valence-electron chi connectivity index (χ4n) is 2.72. The molecule has 0 bridgehead atoms. The van der Waals surface area contributed by atoms with E-state index in [1.54, 1.807) is 0 Å². The lowest BCUT2D eigenvalue weighted by atomic mass is 10.1. The fraction of sp³-hybridized carbons (Fsp3) is 0.300. The number of amides is 1. The van der Waals surface area contributed by atoms with Crippen LogP contribution in [0.15, 0.2) is 41.3 Å². The molecule has 3 rings (SSSR count). The summed E-state index contributed by atoms with van der Waals surface area (Å²) in [7, 11) is 0. The van der Waals surface area contributed by atoms with Crippen molar-refractivity contribution in [3.63, 3.8) is 0 Å².